The van der Waals surface area contributed by atoms with Crippen molar-refractivity contribution in [3.8, 4) is 5.75 Å². The van der Waals surface area contributed by atoms with Gasteiger partial charge in [-0.2, -0.15) is 0 Å². The standard InChI is InChI=1S/C9H9F2NO3/c10-5-1-6(11)3-7(2-5)15-4-8(12)9(13)14/h1-3,8H,4,12H2,(H,13,14)/t8-/m0/s1. The van der Waals surface area contributed by atoms with Crippen LogP contribution in [-0.2, 0) is 4.79 Å². The molecular formula is C9H9F2NO3. The van der Waals surface area contributed by atoms with Crippen LogP contribution in [0.25, 0.3) is 0 Å². The summed E-state index contributed by atoms with van der Waals surface area (Å²) in [5.74, 6) is -2.93. The van der Waals surface area contributed by atoms with E-state index in [0.29, 0.717) is 6.07 Å². The molecule has 0 radical (unpaired) electrons. The van der Waals surface area contributed by atoms with Crippen LogP contribution in [0.15, 0.2) is 18.2 Å². The minimum Gasteiger partial charge on any atom is -0.491 e. The summed E-state index contributed by atoms with van der Waals surface area (Å²) in [5.41, 5.74) is 5.13. The first-order valence-corrected chi connectivity index (χ1v) is 4.06. The smallest absolute Gasteiger partial charge is 0.324 e. The average Bonchev–Trinajstić information content (AvgIpc) is 2.12. The molecule has 0 saturated carbocycles. The van der Waals surface area contributed by atoms with Gasteiger partial charge in [-0.15, -0.1) is 0 Å². The Bertz CT molecular complexity index is 350. The van der Waals surface area contributed by atoms with Crippen molar-refractivity contribution in [3.63, 3.8) is 0 Å². The van der Waals surface area contributed by atoms with Gasteiger partial charge in [0.25, 0.3) is 0 Å². The summed E-state index contributed by atoms with van der Waals surface area (Å²) in [7, 11) is 0. The predicted octanol–water partition coefficient (Wildman–Crippen LogP) is 0.756. The van der Waals surface area contributed by atoms with Crippen LogP contribution in [-0.4, -0.2) is 23.7 Å². The van der Waals surface area contributed by atoms with Crippen LogP contribution >= 0.6 is 0 Å². The first kappa shape index (κ1) is 11.4. The Kier molecular flexibility index (Phi) is 3.56. The molecule has 0 bridgehead atoms. The molecule has 0 unspecified atom stereocenters. The highest BCUT2D eigenvalue weighted by molar-refractivity contribution is 5.73. The number of hydrogen-bond donors (Lipinski definition) is 2. The topological polar surface area (TPSA) is 72.5 Å². The summed E-state index contributed by atoms with van der Waals surface area (Å²) in [6.07, 6.45) is 0. The number of hydrogen-bond acceptors (Lipinski definition) is 3. The van der Waals surface area contributed by atoms with Gasteiger partial charge < -0.3 is 15.6 Å². The fourth-order valence-corrected chi connectivity index (χ4v) is 0.869. The summed E-state index contributed by atoms with van der Waals surface area (Å²) in [4.78, 5) is 10.3. The molecule has 3 N–H and O–H groups in total. The summed E-state index contributed by atoms with van der Waals surface area (Å²) >= 11 is 0. The van der Waals surface area contributed by atoms with E-state index in [9.17, 15) is 13.6 Å². The second-order valence-corrected chi connectivity index (χ2v) is 2.86. The van der Waals surface area contributed by atoms with Gasteiger partial charge in [-0.1, -0.05) is 0 Å². The molecule has 1 aromatic rings. The first-order valence-electron chi connectivity index (χ1n) is 4.06. The van der Waals surface area contributed by atoms with Gasteiger partial charge in [-0.3, -0.25) is 4.79 Å². The SMILES string of the molecule is N[C@@H](COc1cc(F)cc(F)c1)C(=O)O. The van der Waals surface area contributed by atoms with Crippen molar-refractivity contribution in [2.24, 2.45) is 5.73 Å². The Morgan fingerprint density at radius 1 is 1.40 bits per heavy atom. The summed E-state index contributed by atoms with van der Waals surface area (Å²) in [6.45, 7) is -0.349. The normalized spacial score (nSPS) is 12.2. The van der Waals surface area contributed by atoms with E-state index in [4.69, 9.17) is 15.6 Å². The van der Waals surface area contributed by atoms with E-state index in [1.807, 2.05) is 0 Å². The van der Waals surface area contributed by atoms with E-state index in [0.717, 1.165) is 12.1 Å². The van der Waals surface area contributed by atoms with Crippen LogP contribution in [0, 0.1) is 11.6 Å². The Morgan fingerprint density at radius 3 is 2.40 bits per heavy atom. The molecule has 0 spiro atoms. The van der Waals surface area contributed by atoms with Crippen LogP contribution < -0.4 is 10.5 Å². The Morgan fingerprint density at radius 2 is 1.93 bits per heavy atom. The van der Waals surface area contributed by atoms with E-state index in [1.54, 1.807) is 0 Å². The third-order valence-electron chi connectivity index (χ3n) is 1.58. The monoisotopic (exact) mass is 217 g/mol. The zero-order chi connectivity index (χ0) is 11.4. The molecule has 0 amide bonds. The number of carboxylic acids is 1. The average molecular weight is 217 g/mol. The number of benzene rings is 1. The zero-order valence-electron chi connectivity index (χ0n) is 7.61. The van der Waals surface area contributed by atoms with Crippen LogP contribution in [0.4, 0.5) is 8.78 Å². The van der Waals surface area contributed by atoms with E-state index in [2.05, 4.69) is 0 Å². The van der Waals surface area contributed by atoms with Crippen molar-refractivity contribution in [1.29, 1.82) is 0 Å². The van der Waals surface area contributed by atoms with Crippen molar-refractivity contribution in [1.82, 2.24) is 0 Å². The van der Waals surface area contributed by atoms with Gasteiger partial charge in [0.2, 0.25) is 0 Å². The highest BCUT2D eigenvalue weighted by Gasteiger charge is 2.12. The first-order chi connectivity index (χ1) is 6.99. The number of aliphatic carboxylic acids is 1. The third-order valence-corrected chi connectivity index (χ3v) is 1.58. The highest BCUT2D eigenvalue weighted by atomic mass is 19.1. The molecule has 4 nitrogen and oxygen atoms in total. The third kappa shape index (κ3) is 3.51. The molecule has 6 heteroatoms. The van der Waals surface area contributed by atoms with E-state index in [1.165, 1.54) is 0 Å². The Labute approximate surface area is 84.3 Å². The molecule has 0 aliphatic heterocycles. The van der Waals surface area contributed by atoms with Crippen LogP contribution in [0.1, 0.15) is 0 Å². The van der Waals surface area contributed by atoms with Crippen molar-refractivity contribution < 1.29 is 23.4 Å². The molecule has 0 aliphatic rings. The largest absolute Gasteiger partial charge is 0.491 e. The van der Waals surface area contributed by atoms with Crippen molar-refractivity contribution >= 4 is 5.97 Å². The highest BCUT2D eigenvalue weighted by Crippen LogP contribution is 2.15. The number of halogens is 2. The lowest BCUT2D eigenvalue weighted by Gasteiger charge is -2.09. The second-order valence-electron chi connectivity index (χ2n) is 2.86. The molecule has 1 aromatic carbocycles. The number of nitrogens with two attached hydrogens (primary N) is 1. The molecule has 15 heavy (non-hydrogen) atoms. The van der Waals surface area contributed by atoms with Gasteiger partial charge >= 0.3 is 5.97 Å². The maximum absolute atomic E-state index is 12.6. The second kappa shape index (κ2) is 4.70. The number of ether oxygens (including phenoxy) is 1. The molecule has 0 fully saturated rings. The molecular weight excluding hydrogens is 208 g/mol. The number of rotatable bonds is 4. The summed E-state index contributed by atoms with van der Waals surface area (Å²) < 4.78 is 30.1. The molecule has 0 heterocycles. The lowest BCUT2D eigenvalue weighted by Crippen LogP contribution is -2.36. The van der Waals surface area contributed by atoms with Crippen LogP contribution in [0.2, 0.25) is 0 Å². The van der Waals surface area contributed by atoms with E-state index >= 15 is 0 Å². The molecule has 82 valence electrons. The lowest BCUT2D eigenvalue weighted by molar-refractivity contribution is -0.139. The molecule has 0 aliphatic carbocycles. The Balaban J connectivity index is 2.61. The van der Waals surface area contributed by atoms with Gasteiger partial charge in [0, 0.05) is 18.2 Å². The van der Waals surface area contributed by atoms with Crippen molar-refractivity contribution in [3.05, 3.63) is 29.8 Å². The van der Waals surface area contributed by atoms with Crippen molar-refractivity contribution in [2.45, 2.75) is 6.04 Å². The molecule has 0 saturated heterocycles. The molecule has 1 atom stereocenters. The lowest BCUT2D eigenvalue weighted by atomic mass is 10.3. The van der Waals surface area contributed by atoms with Crippen molar-refractivity contribution in [2.75, 3.05) is 6.61 Å². The summed E-state index contributed by atoms with van der Waals surface area (Å²) in [6, 6.07) is 1.34. The van der Waals surface area contributed by atoms with Crippen LogP contribution in [0.3, 0.4) is 0 Å². The zero-order valence-corrected chi connectivity index (χ0v) is 7.61. The fourth-order valence-electron chi connectivity index (χ4n) is 0.869. The van der Waals surface area contributed by atoms with Gasteiger partial charge in [-0.25, -0.2) is 8.78 Å². The van der Waals surface area contributed by atoms with Gasteiger partial charge in [0.05, 0.1) is 0 Å². The fraction of sp³-hybridized carbons (Fsp3) is 0.222. The number of carboxylic acid groups (broad SMARTS) is 1. The maximum atomic E-state index is 12.6. The molecule has 1 rings (SSSR count). The van der Waals surface area contributed by atoms with Crippen LogP contribution in [0.5, 0.6) is 5.75 Å². The molecule has 0 aromatic heterocycles. The van der Waals surface area contributed by atoms with Gasteiger partial charge in [0.1, 0.15) is 30.0 Å². The number of carbonyl (C=O) groups is 1. The Hall–Kier alpha value is -1.69. The van der Waals surface area contributed by atoms with Gasteiger partial charge in [-0.05, 0) is 0 Å². The predicted molar refractivity (Wildman–Crippen MR) is 47.5 cm³/mol. The van der Waals surface area contributed by atoms with E-state index < -0.39 is 23.6 Å². The maximum Gasteiger partial charge on any atom is 0.324 e. The minimum absolute atomic E-state index is 0.0933. The van der Waals surface area contributed by atoms with Gasteiger partial charge in [0.15, 0.2) is 0 Å². The quantitative estimate of drug-likeness (QED) is 0.780. The summed E-state index contributed by atoms with van der Waals surface area (Å²) in [5, 5.41) is 8.42. The van der Waals surface area contributed by atoms with E-state index in [-0.39, 0.29) is 12.4 Å². The minimum atomic E-state index is -1.24.